The molecule has 1 atom stereocenters. The summed E-state index contributed by atoms with van der Waals surface area (Å²) in [6.45, 7) is 0.941. The quantitative estimate of drug-likeness (QED) is 0.944. The molecule has 1 amide bonds. The molecule has 2 aromatic rings. The molecule has 2 aromatic carbocycles. The average Bonchev–Trinajstić information content (AvgIpc) is 2.58. The summed E-state index contributed by atoms with van der Waals surface area (Å²) < 4.78 is 5.32. The molecule has 0 aliphatic carbocycles. The van der Waals surface area contributed by atoms with Gasteiger partial charge in [-0.25, -0.2) is 0 Å². The summed E-state index contributed by atoms with van der Waals surface area (Å²) in [4.78, 5) is 14.7. The Morgan fingerprint density at radius 2 is 1.96 bits per heavy atom. The molecule has 0 fully saturated rings. The molecule has 23 heavy (non-hydrogen) atoms. The van der Waals surface area contributed by atoms with Gasteiger partial charge in [0, 0.05) is 24.8 Å². The Labute approximate surface area is 137 Å². The molecule has 0 radical (unpaired) electrons. The zero-order valence-electron chi connectivity index (χ0n) is 13.6. The number of nitrogens with one attached hydrogen (secondary N) is 1. The van der Waals surface area contributed by atoms with Crippen molar-refractivity contribution in [3.63, 3.8) is 0 Å². The van der Waals surface area contributed by atoms with E-state index in [2.05, 4.69) is 29.4 Å². The Morgan fingerprint density at radius 1 is 1.22 bits per heavy atom. The van der Waals surface area contributed by atoms with E-state index in [1.807, 2.05) is 36.4 Å². The predicted molar refractivity (Wildman–Crippen MR) is 91.9 cm³/mol. The minimum atomic E-state index is 0.0267. The van der Waals surface area contributed by atoms with Gasteiger partial charge in [-0.1, -0.05) is 36.4 Å². The summed E-state index contributed by atoms with van der Waals surface area (Å²) in [5.74, 6) is 0.783. The number of benzene rings is 2. The number of para-hydroxylation sites is 2. The number of anilines is 1. The Morgan fingerprint density at radius 3 is 2.78 bits per heavy atom. The lowest BCUT2D eigenvalue weighted by molar-refractivity contribution is -0.121. The van der Waals surface area contributed by atoms with Crippen molar-refractivity contribution in [2.45, 2.75) is 18.9 Å². The van der Waals surface area contributed by atoms with Crippen molar-refractivity contribution >= 4 is 11.6 Å². The fraction of sp³-hybridized carbons (Fsp3) is 0.316. The van der Waals surface area contributed by atoms with Crippen LogP contribution in [-0.4, -0.2) is 26.6 Å². The van der Waals surface area contributed by atoms with Gasteiger partial charge in [0.05, 0.1) is 19.6 Å². The maximum atomic E-state index is 12.5. The summed E-state index contributed by atoms with van der Waals surface area (Å²) in [6, 6.07) is 16.0. The highest BCUT2D eigenvalue weighted by Crippen LogP contribution is 2.32. The maximum Gasteiger partial charge on any atom is 0.225 e. The second-order valence-corrected chi connectivity index (χ2v) is 5.88. The topological polar surface area (TPSA) is 41.6 Å². The van der Waals surface area contributed by atoms with Crippen molar-refractivity contribution < 1.29 is 9.53 Å². The predicted octanol–water partition coefficient (Wildman–Crippen LogP) is 2.94. The molecule has 4 heteroatoms. The smallest absolute Gasteiger partial charge is 0.225 e. The van der Waals surface area contributed by atoms with E-state index in [9.17, 15) is 4.79 Å². The van der Waals surface area contributed by atoms with Crippen LogP contribution in [0.4, 0.5) is 5.69 Å². The van der Waals surface area contributed by atoms with E-state index >= 15 is 0 Å². The normalized spacial score (nSPS) is 16.6. The van der Waals surface area contributed by atoms with Gasteiger partial charge < -0.3 is 15.0 Å². The van der Waals surface area contributed by atoms with E-state index in [4.69, 9.17) is 4.74 Å². The molecule has 1 heterocycles. The number of fused-ring (bicyclic) bond motifs is 1. The summed E-state index contributed by atoms with van der Waals surface area (Å²) in [6.07, 6.45) is 1.25. The molecule has 0 spiro atoms. The van der Waals surface area contributed by atoms with Crippen LogP contribution < -0.4 is 15.0 Å². The van der Waals surface area contributed by atoms with E-state index in [1.165, 1.54) is 11.3 Å². The Hall–Kier alpha value is -2.49. The second kappa shape index (κ2) is 6.73. The highest BCUT2D eigenvalue weighted by Gasteiger charge is 2.24. The fourth-order valence-electron chi connectivity index (χ4n) is 3.15. The fourth-order valence-corrected chi connectivity index (χ4v) is 3.15. The van der Waals surface area contributed by atoms with Gasteiger partial charge in [0.1, 0.15) is 5.75 Å². The number of amides is 1. The Balaban J connectivity index is 1.73. The van der Waals surface area contributed by atoms with E-state index < -0.39 is 0 Å². The number of hydrogen-bond acceptors (Lipinski definition) is 3. The summed E-state index contributed by atoms with van der Waals surface area (Å²) in [7, 11) is 3.72. The standard InChI is InChI=1S/C19H22N2O2/c1-21-12-11-16(15-8-4-5-9-17(15)21)20-19(22)13-14-7-3-6-10-18(14)23-2/h3-10,16H,11-13H2,1-2H3,(H,20,22). The first kappa shape index (κ1) is 15.4. The van der Waals surface area contributed by atoms with Crippen molar-refractivity contribution in [2.75, 3.05) is 25.6 Å². The third-order valence-electron chi connectivity index (χ3n) is 4.36. The molecule has 0 saturated heterocycles. The summed E-state index contributed by atoms with van der Waals surface area (Å²) >= 11 is 0. The lowest BCUT2D eigenvalue weighted by Crippen LogP contribution is -2.37. The van der Waals surface area contributed by atoms with Crippen LogP contribution in [0.15, 0.2) is 48.5 Å². The molecule has 0 aromatic heterocycles. The van der Waals surface area contributed by atoms with Gasteiger partial charge in [-0.15, -0.1) is 0 Å². The lowest BCUT2D eigenvalue weighted by atomic mass is 9.96. The van der Waals surface area contributed by atoms with Crippen LogP contribution in [0.1, 0.15) is 23.6 Å². The summed E-state index contributed by atoms with van der Waals surface area (Å²) in [5.41, 5.74) is 3.30. The number of ether oxygens (including phenoxy) is 1. The lowest BCUT2D eigenvalue weighted by Gasteiger charge is -2.33. The van der Waals surface area contributed by atoms with Gasteiger partial charge in [-0.3, -0.25) is 4.79 Å². The van der Waals surface area contributed by atoms with Crippen LogP contribution in [0, 0.1) is 0 Å². The number of carbonyl (C=O) groups is 1. The van der Waals surface area contributed by atoms with Gasteiger partial charge in [0.2, 0.25) is 5.91 Å². The number of rotatable bonds is 4. The third kappa shape index (κ3) is 3.31. The highest BCUT2D eigenvalue weighted by molar-refractivity contribution is 5.80. The summed E-state index contributed by atoms with van der Waals surface area (Å²) in [5, 5.41) is 3.17. The van der Waals surface area contributed by atoms with Crippen molar-refractivity contribution in [1.29, 1.82) is 0 Å². The van der Waals surface area contributed by atoms with E-state index in [0.717, 1.165) is 24.3 Å². The number of hydrogen-bond donors (Lipinski definition) is 1. The van der Waals surface area contributed by atoms with Crippen LogP contribution in [0.3, 0.4) is 0 Å². The molecular formula is C19H22N2O2. The van der Waals surface area contributed by atoms with Crippen LogP contribution >= 0.6 is 0 Å². The SMILES string of the molecule is COc1ccccc1CC(=O)NC1CCN(C)c2ccccc21. The molecule has 120 valence electrons. The molecular weight excluding hydrogens is 288 g/mol. The molecule has 1 N–H and O–H groups in total. The third-order valence-corrected chi connectivity index (χ3v) is 4.36. The van der Waals surface area contributed by atoms with Crippen molar-refractivity contribution in [3.05, 3.63) is 59.7 Å². The van der Waals surface area contributed by atoms with Crippen molar-refractivity contribution in [2.24, 2.45) is 0 Å². The molecule has 0 bridgehead atoms. The maximum absolute atomic E-state index is 12.5. The van der Waals surface area contributed by atoms with Gasteiger partial charge >= 0.3 is 0 Å². The molecule has 0 saturated carbocycles. The van der Waals surface area contributed by atoms with E-state index in [-0.39, 0.29) is 11.9 Å². The zero-order valence-corrected chi connectivity index (χ0v) is 13.6. The highest BCUT2D eigenvalue weighted by atomic mass is 16.5. The monoisotopic (exact) mass is 310 g/mol. The van der Waals surface area contributed by atoms with Crippen LogP contribution in [0.5, 0.6) is 5.75 Å². The number of nitrogens with zero attached hydrogens (tertiary/aromatic N) is 1. The number of carbonyl (C=O) groups excluding carboxylic acids is 1. The minimum Gasteiger partial charge on any atom is -0.496 e. The largest absolute Gasteiger partial charge is 0.496 e. The van der Waals surface area contributed by atoms with Gasteiger partial charge in [-0.05, 0) is 24.1 Å². The van der Waals surface area contributed by atoms with Crippen LogP contribution in [-0.2, 0) is 11.2 Å². The Kier molecular flexibility index (Phi) is 4.51. The van der Waals surface area contributed by atoms with Crippen LogP contribution in [0.25, 0.3) is 0 Å². The minimum absolute atomic E-state index is 0.0267. The van der Waals surface area contributed by atoms with Crippen LogP contribution in [0.2, 0.25) is 0 Å². The van der Waals surface area contributed by atoms with Gasteiger partial charge in [-0.2, -0.15) is 0 Å². The molecule has 1 aliphatic heterocycles. The molecule has 3 rings (SSSR count). The number of methoxy groups -OCH3 is 1. The van der Waals surface area contributed by atoms with Crippen molar-refractivity contribution in [3.8, 4) is 5.75 Å². The molecule has 1 unspecified atom stereocenters. The van der Waals surface area contributed by atoms with E-state index in [1.54, 1.807) is 7.11 Å². The Bertz CT molecular complexity index is 699. The molecule has 1 aliphatic rings. The second-order valence-electron chi connectivity index (χ2n) is 5.88. The zero-order chi connectivity index (χ0) is 16.2. The van der Waals surface area contributed by atoms with Gasteiger partial charge in [0.25, 0.3) is 0 Å². The molecule has 4 nitrogen and oxygen atoms in total. The first-order valence-electron chi connectivity index (χ1n) is 7.90. The van der Waals surface area contributed by atoms with E-state index in [0.29, 0.717) is 6.42 Å². The average molecular weight is 310 g/mol. The first-order valence-corrected chi connectivity index (χ1v) is 7.90. The van der Waals surface area contributed by atoms with Gasteiger partial charge in [0.15, 0.2) is 0 Å². The van der Waals surface area contributed by atoms with Crippen molar-refractivity contribution in [1.82, 2.24) is 5.32 Å². The first-order chi connectivity index (χ1) is 11.2.